The maximum absolute atomic E-state index is 12.6. The van der Waals surface area contributed by atoms with Gasteiger partial charge in [0.2, 0.25) is 15.9 Å². The molecule has 0 atom stereocenters. The third kappa shape index (κ3) is 6.26. The molecule has 27 heavy (non-hydrogen) atoms. The zero-order chi connectivity index (χ0) is 20.2. The normalized spacial score (nSPS) is 11.9. The number of benzene rings is 2. The molecule has 5 nitrogen and oxygen atoms in total. The lowest BCUT2D eigenvalue weighted by Crippen LogP contribution is -2.50. The van der Waals surface area contributed by atoms with Crippen molar-refractivity contribution >= 4 is 33.2 Å². The van der Waals surface area contributed by atoms with E-state index in [1.54, 1.807) is 25.1 Å². The van der Waals surface area contributed by atoms with E-state index in [2.05, 4.69) is 5.32 Å². The number of nitrogens with one attached hydrogen (secondary N) is 1. The zero-order valence-electron chi connectivity index (χ0n) is 16.0. The van der Waals surface area contributed by atoms with E-state index in [9.17, 15) is 13.2 Å². The van der Waals surface area contributed by atoms with Gasteiger partial charge in [-0.05, 0) is 56.5 Å². The summed E-state index contributed by atoms with van der Waals surface area (Å²) in [6.45, 7) is 5.29. The van der Waals surface area contributed by atoms with Crippen LogP contribution >= 0.6 is 11.6 Å². The van der Waals surface area contributed by atoms with E-state index >= 15 is 0 Å². The minimum Gasteiger partial charge on any atom is -0.349 e. The van der Waals surface area contributed by atoms with Gasteiger partial charge >= 0.3 is 0 Å². The Labute approximate surface area is 166 Å². The Morgan fingerprint density at radius 1 is 1.15 bits per heavy atom. The van der Waals surface area contributed by atoms with Crippen LogP contribution in [0.3, 0.4) is 0 Å². The number of nitrogens with zero attached hydrogens (tertiary/aromatic N) is 1. The number of hydrogen-bond acceptors (Lipinski definition) is 3. The predicted molar refractivity (Wildman–Crippen MR) is 111 cm³/mol. The van der Waals surface area contributed by atoms with Crippen molar-refractivity contribution in [3.8, 4) is 0 Å². The van der Waals surface area contributed by atoms with Gasteiger partial charge in [0, 0.05) is 10.6 Å². The van der Waals surface area contributed by atoms with Crippen molar-refractivity contribution in [2.45, 2.75) is 32.7 Å². The van der Waals surface area contributed by atoms with Gasteiger partial charge in [0.1, 0.15) is 6.54 Å². The molecule has 0 aliphatic heterocycles. The van der Waals surface area contributed by atoms with Gasteiger partial charge in [-0.25, -0.2) is 8.42 Å². The summed E-state index contributed by atoms with van der Waals surface area (Å²) in [4.78, 5) is 12.6. The Morgan fingerprint density at radius 2 is 1.78 bits per heavy atom. The van der Waals surface area contributed by atoms with Crippen molar-refractivity contribution in [3.63, 3.8) is 0 Å². The van der Waals surface area contributed by atoms with Crippen molar-refractivity contribution in [1.82, 2.24) is 5.32 Å². The molecule has 0 aromatic heterocycles. The fraction of sp³-hybridized carbons (Fsp3) is 0.350. The highest BCUT2D eigenvalue weighted by Gasteiger charge is 2.26. The largest absolute Gasteiger partial charge is 0.349 e. The predicted octanol–water partition coefficient (Wildman–Crippen LogP) is 3.55. The summed E-state index contributed by atoms with van der Waals surface area (Å²) in [6.07, 6.45) is 1.72. The standard InChI is InChI=1S/C20H25ClN2O3S/c1-15-12-17(21)10-11-18(15)23(27(4,25)26)14-19(24)22-20(2,3)13-16-8-6-5-7-9-16/h5-12H,13-14H2,1-4H3,(H,22,24). The Kier molecular flexibility index (Phi) is 6.54. The molecular weight excluding hydrogens is 384 g/mol. The smallest absolute Gasteiger partial charge is 0.241 e. The molecular formula is C20H25ClN2O3S. The van der Waals surface area contributed by atoms with Gasteiger partial charge in [0.15, 0.2) is 0 Å². The first-order valence-electron chi connectivity index (χ1n) is 8.57. The van der Waals surface area contributed by atoms with E-state index in [0.29, 0.717) is 22.7 Å². The van der Waals surface area contributed by atoms with Crippen LogP contribution in [0.1, 0.15) is 25.0 Å². The quantitative estimate of drug-likeness (QED) is 0.761. The van der Waals surface area contributed by atoms with Crippen LogP contribution in [0.2, 0.25) is 5.02 Å². The average Bonchev–Trinajstić information content (AvgIpc) is 2.52. The van der Waals surface area contributed by atoms with Crippen LogP contribution in [-0.2, 0) is 21.2 Å². The molecule has 0 spiro atoms. The second kappa shape index (κ2) is 8.31. The molecule has 146 valence electrons. The highest BCUT2D eigenvalue weighted by molar-refractivity contribution is 7.92. The van der Waals surface area contributed by atoms with Crippen LogP contribution < -0.4 is 9.62 Å². The third-order valence-electron chi connectivity index (χ3n) is 4.08. The van der Waals surface area contributed by atoms with E-state index in [-0.39, 0.29) is 12.5 Å². The van der Waals surface area contributed by atoms with Crippen LogP contribution in [0.5, 0.6) is 0 Å². The van der Waals surface area contributed by atoms with E-state index in [1.165, 1.54) is 0 Å². The Balaban J connectivity index is 2.16. The van der Waals surface area contributed by atoms with Crippen LogP contribution in [0.4, 0.5) is 5.69 Å². The number of aryl methyl sites for hydroxylation is 1. The molecule has 0 radical (unpaired) electrons. The molecule has 7 heteroatoms. The summed E-state index contributed by atoms with van der Waals surface area (Å²) in [5.41, 5.74) is 1.70. The number of halogens is 1. The van der Waals surface area contributed by atoms with Gasteiger partial charge in [-0.15, -0.1) is 0 Å². The van der Waals surface area contributed by atoms with E-state index in [1.807, 2.05) is 44.2 Å². The van der Waals surface area contributed by atoms with Crippen molar-refractivity contribution in [2.75, 3.05) is 17.1 Å². The molecule has 2 rings (SSSR count). The maximum Gasteiger partial charge on any atom is 0.241 e. The van der Waals surface area contributed by atoms with Crippen molar-refractivity contribution in [1.29, 1.82) is 0 Å². The number of carbonyl (C=O) groups is 1. The van der Waals surface area contributed by atoms with Gasteiger partial charge in [0.25, 0.3) is 0 Å². The Hall–Kier alpha value is -2.05. The SMILES string of the molecule is Cc1cc(Cl)ccc1N(CC(=O)NC(C)(C)Cc1ccccc1)S(C)(=O)=O. The van der Waals surface area contributed by atoms with Gasteiger partial charge in [-0.3, -0.25) is 9.10 Å². The number of hydrogen-bond donors (Lipinski definition) is 1. The van der Waals surface area contributed by atoms with E-state index < -0.39 is 15.6 Å². The second-order valence-corrected chi connectivity index (χ2v) is 9.64. The average molecular weight is 409 g/mol. The van der Waals surface area contributed by atoms with Crippen LogP contribution in [0.25, 0.3) is 0 Å². The van der Waals surface area contributed by atoms with Gasteiger partial charge < -0.3 is 5.32 Å². The molecule has 0 bridgehead atoms. The summed E-state index contributed by atoms with van der Waals surface area (Å²) in [6, 6.07) is 14.7. The monoisotopic (exact) mass is 408 g/mol. The van der Waals surface area contributed by atoms with Crippen LogP contribution in [0, 0.1) is 6.92 Å². The molecule has 0 aliphatic carbocycles. The van der Waals surface area contributed by atoms with Crippen LogP contribution in [-0.4, -0.2) is 32.7 Å². The fourth-order valence-corrected chi connectivity index (χ4v) is 4.12. The molecule has 0 aliphatic rings. The van der Waals surface area contributed by atoms with Gasteiger partial charge in [0.05, 0.1) is 11.9 Å². The summed E-state index contributed by atoms with van der Waals surface area (Å²) in [5, 5.41) is 3.45. The van der Waals surface area contributed by atoms with E-state index in [0.717, 1.165) is 16.1 Å². The number of rotatable bonds is 7. The Bertz CT molecular complexity index is 912. The lowest BCUT2D eigenvalue weighted by Gasteiger charge is -2.29. The Morgan fingerprint density at radius 3 is 2.33 bits per heavy atom. The highest BCUT2D eigenvalue weighted by Crippen LogP contribution is 2.25. The molecule has 1 N–H and O–H groups in total. The third-order valence-corrected chi connectivity index (χ3v) is 5.44. The number of amides is 1. The molecule has 0 saturated heterocycles. The summed E-state index contributed by atoms with van der Waals surface area (Å²) < 4.78 is 25.7. The maximum atomic E-state index is 12.6. The lowest BCUT2D eigenvalue weighted by atomic mass is 9.95. The number of carbonyl (C=O) groups excluding carboxylic acids is 1. The molecule has 1 amide bonds. The summed E-state index contributed by atoms with van der Waals surface area (Å²) in [7, 11) is -3.63. The van der Waals surface area contributed by atoms with Gasteiger partial charge in [-0.1, -0.05) is 41.9 Å². The first-order valence-corrected chi connectivity index (χ1v) is 10.8. The first kappa shape index (κ1) is 21.3. The van der Waals surface area contributed by atoms with Gasteiger partial charge in [-0.2, -0.15) is 0 Å². The lowest BCUT2D eigenvalue weighted by molar-refractivity contribution is -0.121. The van der Waals surface area contributed by atoms with Crippen LogP contribution in [0.15, 0.2) is 48.5 Å². The van der Waals surface area contributed by atoms with Crippen molar-refractivity contribution in [2.24, 2.45) is 0 Å². The minimum absolute atomic E-state index is 0.292. The number of anilines is 1. The molecule has 0 heterocycles. The minimum atomic E-state index is -3.63. The second-order valence-electron chi connectivity index (χ2n) is 7.29. The summed E-state index contributed by atoms with van der Waals surface area (Å²) in [5.74, 6) is -0.365. The molecule has 2 aromatic rings. The summed E-state index contributed by atoms with van der Waals surface area (Å²) >= 11 is 5.96. The topological polar surface area (TPSA) is 66.5 Å². The first-order chi connectivity index (χ1) is 12.5. The van der Waals surface area contributed by atoms with Crippen molar-refractivity contribution < 1.29 is 13.2 Å². The van der Waals surface area contributed by atoms with Crippen molar-refractivity contribution in [3.05, 3.63) is 64.7 Å². The highest BCUT2D eigenvalue weighted by atomic mass is 35.5. The molecule has 0 unspecified atom stereocenters. The molecule has 0 saturated carbocycles. The number of sulfonamides is 1. The molecule has 2 aromatic carbocycles. The fourth-order valence-electron chi connectivity index (χ4n) is 2.98. The zero-order valence-corrected chi connectivity index (χ0v) is 17.6. The molecule has 0 fully saturated rings. The van der Waals surface area contributed by atoms with E-state index in [4.69, 9.17) is 11.6 Å².